The molecule has 0 saturated carbocycles. The number of hydrogen-bond donors (Lipinski definition) is 2. The zero-order valence-corrected chi connectivity index (χ0v) is 16.8. The van der Waals surface area contributed by atoms with Crippen molar-refractivity contribution in [3.05, 3.63) is 71.2 Å². The summed E-state index contributed by atoms with van der Waals surface area (Å²) in [6.45, 7) is 1.80. The van der Waals surface area contributed by atoms with Crippen LogP contribution in [0, 0.1) is 0 Å². The molecule has 0 bridgehead atoms. The van der Waals surface area contributed by atoms with Crippen molar-refractivity contribution in [2.75, 3.05) is 12.4 Å². The van der Waals surface area contributed by atoms with E-state index in [1.54, 1.807) is 14.0 Å². The fourth-order valence-electron chi connectivity index (χ4n) is 3.56. The van der Waals surface area contributed by atoms with Crippen LogP contribution >= 0.6 is 15.9 Å². The van der Waals surface area contributed by atoms with Crippen molar-refractivity contribution in [1.29, 1.82) is 0 Å². The number of aliphatic hydroxyl groups excluding tert-OH is 1. The zero-order chi connectivity index (χ0) is 19.0. The van der Waals surface area contributed by atoms with E-state index in [1.165, 1.54) is 0 Å². The number of nitrogens with one attached hydrogen (secondary N) is 1. The van der Waals surface area contributed by atoms with Gasteiger partial charge in [0.15, 0.2) is 0 Å². The molecule has 2 atom stereocenters. The van der Waals surface area contributed by atoms with E-state index in [0.717, 1.165) is 37.7 Å². The quantitative estimate of drug-likeness (QED) is 0.440. The maximum Gasteiger partial charge on any atom is 0.130 e. The van der Waals surface area contributed by atoms with E-state index in [2.05, 4.69) is 50.1 Å². The van der Waals surface area contributed by atoms with E-state index in [9.17, 15) is 5.11 Å². The number of halogens is 1. The number of benzene rings is 3. The van der Waals surface area contributed by atoms with Gasteiger partial charge in [0.25, 0.3) is 0 Å². The summed E-state index contributed by atoms with van der Waals surface area (Å²) in [5.74, 6) is 0.774. The van der Waals surface area contributed by atoms with Crippen LogP contribution < -0.4 is 10.1 Å². The molecule has 1 heterocycles. The topological polar surface area (TPSA) is 46.4 Å². The van der Waals surface area contributed by atoms with E-state index in [0.29, 0.717) is 0 Å². The SMILES string of the molecule is COc1cccc(NC(C(C)O)n2c3ccccc3c3cc(Br)ccc32)c1. The lowest BCUT2D eigenvalue weighted by Gasteiger charge is -2.26. The number of fused-ring (bicyclic) bond motifs is 3. The molecule has 0 aliphatic heterocycles. The van der Waals surface area contributed by atoms with Gasteiger partial charge in [0.05, 0.1) is 24.2 Å². The van der Waals surface area contributed by atoms with Crippen LogP contribution in [0.1, 0.15) is 13.1 Å². The normalized spacial score (nSPS) is 13.6. The highest BCUT2D eigenvalue weighted by Crippen LogP contribution is 2.35. The van der Waals surface area contributed by atoms with E-state index >= 15 is 0 Å². The molecule has 3 aromatic carbocycles. The van der Waals surface area contributed by atoms with Crippen LogP contribution in [0.15, 0.2) is 71.2 Å². The van der Waals surface area contributed by atoms with Crippen LogP contribution in [0.4, 0.5) is 5.69 Å². The average molecular weight is 425 g/mol. The Morgan fingerprint density at radius 1 is 0.963 bits per heavy atom. The highest BCUT2D eigenvalue weighted by Gasteiger charge is 2.22. The number of aromatic nitrogens is 1. The Labute approximate surface area is 166 Å². The lowest BCUT2D eigenvalue weighted by atomic mass is 10.2. The average Bonchev–Trinajstić information content (AvgIpc) is 2.99. The number of anilines is 1. The first-order valence-corrected chi connectivity index (χ1v) is 9.64. The highest BCUT2D eigenvalue weighted by atomic mass is 79.9. The lowest BCUT2D eigenvalue weighted by molar-refractivity contribution is 0.147. The van der Waals surface area contributed by atoms with Gasteiger partial charge in [-0.15, -0.1) is 0 Å². The molecule has 0 fully saturated rings. The van der Waals surface area contributed by atoms with E-state index in [-0.39, 0.29) is 6.17 Å². The third kappa shape index (κ3) is 3.29. The van der Waals surface area contributed by atoms with Crippen molar-refractivity contribution in [1.82, 2.24) is 4.57 Å². The number of hydrogen-bond acceptors (Lipinski definition) is 3. The van der Waals surface area contributed by atoms with Crippen LogP contribution in [0.2, 0.25) is 0 Å². The van der Waals surface area contributed by atoms with E-state index in [4.69, 9.17) is 4.74 Å². The number of methoxy groups -OCH3 is 1. The molecule has 138 valence electrons. The van der Waals surface area contributed by atoms with Crippen LogP contribution in [0.3, 0.4) is 0 Å². The van der Waals surface area contributed by atoms with Gasteiger partial charge in [-0.05, 0) is 43.3 Å². The molecule has 2 unspecified atom stereocenters. The van der Waals surface area contributed by atoms with E-state index in [1.807, 2.05) is 42.5 Å². The van der Waals surface area contributed by atoms with Crippen LogP contribution in [-0.2, 0) is 0 Å². The number of para-hydroxylation sites is 1. The fraction of sp³-hybridized carbons (Fsp3) is 0.182. The molecule has 2 N–H and O–H groups in total. The standard InChI is InChI=1S/C22H21BrN2O2/c1-14(26)22(24-16-6-5-7-17(13-16)27-2)25-20-9-4-3-8-18(20)19-12-15(23)10-11-21(19)25/h3-14,22,24,26H,1-2H3. The summed E-state index contributed by atoms with van der Waals surface area (Å²) in [7, 11) is 1.65. The molecule has 0 aliphatic rings. The molecule has 0 saturated heterocycles. The first-order chi connectivity index (χ1) is 13.1. The molecule has 4 rings (SSSR count). The highest BCUT2D eigenvalue weighted by molar-refractivity contribution is 9.10. The molecule has 4 aromatic rings. The van der Waals surface area contributed by atoms with Gasteiger partial charge in [0.1, 0.15) is 11.9 Å². The summed E-state index contributed by atoms with van der Waals surface area (Å²) in [4.78, 5) is 0. The van der Waals surface area contributed by atoms with Crippen molar-refractivity contribution in [2.24, 2.45) is 0 Å². The molecular formula is C22H21BrN2O2. The van der Waals surface area contributed by atoms with Crippen LogP contribution in [0.25, 0.3) is 21.8 Å². The van der Waals surface area contributed by atoms with Crippen molar-refractivity contribution in [3.63, 3.8) is 0 Å². The molecule has 0 aliphatic carbocycles. The third-order valence-electron chi connectivity index (χ3n) is 4.79. The number of aliphatic hydroxyl groups is 1. The first-order valence-electron chi connectivity index (χ1n) is 8.85. The summed E-state index contributed by atoms with van der Waals surface area (Å²) in [5, 5.41) is 16.4. The van der Waals surface area contributed by atoms with Crippen LogP contribution in [0.5, 0.6) is 5.75 Å². The van der Waals surface area contributed by atoms with Gasteiger partial charge in [-0.3, -0.25) is 0 Å². The fourth-order valence-corrected chi connectivity index (χ4v) is 3.92. The molecule has 0 radical (unpaired) electrons. The second-order valence-electron chi connectivity index (χ2n) is 6.61. The van der Waals surface area contributed by atoms with Crippen molar-refractivity contribution >= 4 is 43.4 Å². The van der Waals surface area contributed by atoms with Gasteiger partial charge in [0.2, 0.25) is 0 Å². The Bertz CT molecular complexity index is 1100. The minimum atomic E-state index is -0.612. The number of ether oxygens (including phenoxy) is 1. The minimum absolute atomic E-state index is 0.333. The Hall–Kier alpha value is -2.50. The zero-order valence-electron chi connectivity index (χ0n) is 15.2. The predicted molar refractivity (Wildman–Crippen MR) is 114 cm³/mol. The molecule has 5 heteroatoms. The third-order valence-corrected chi connectivity index (χ3v) is 5.28. The molecule has 1 aromatic heterocycles. The minimum Gasteiger partial charge on any atom is -0.497 e. The summed E-state index contributed by atoms with van der Waals surface area (Å²) >= 11 is 3.57. The summed E-state index contributed by atoms with van der Waals surface area (Å²) < 4.78 is 8.53. The van der Waals surface area contributed by atoms with Gasteiger partial charge in [-0.25, -0.2) is 0 Å². The number of rotatable bonds is 5. The monoisotopic (exact) mass is 424 g/mol. The van der Waals surface area contributed by atoms with Crippen molar-refractivity contribution in [2.45, 2.75) is 19.2 Å². The largest absolute Gasteiger partial charge is 0.497 e. The maximum atomic E-state index is 10.6. The maximum absolute atomic E-state index is 10.6. The predicted octanol–water partition coefficient (Wildman–Crippen LogP) is 5.56. The van der Waals surface area contributed by atoms with Crippen molar-refractivity contribution in [3.8, 4) is 5.75 Å². The van der Waals surface area contributed by atoms with E-state index < -0.39 is 6.10 Å². The van der Waals surface area contributed by atoms with Gasteiger partial charge in [0, 0.05) is 27.0 Å². The van der Waals surface area contributed by atoms with Gasteiger partial charge < -0.3 is 19.7 Å². The number of nitrogens with zero attached hydrogens (tertiary/aromatic N) is 1. The second-order valence-corrected chi connectivity index (χ2v) is 7.53. The Balaban J connectivity index is 1.90. The summed E-state index contributed by atoms with van der Waals surface area (Å²) in [5.41, 5.74) is 3.04. The van der Waals surface area contributed by atoms with Gasteiger partial charge in [-0.2, -0.15) is 0 Å². The summed E-state index contributed by atoms with van der Waals surface area (Å²) in [6, 6.07) is 22.3. The lowest BCUT2D eigenvalue weighted by Crippen LogP contribution is -2.28. The Kier molecular flexibility index (Phi) is 4.81. The first kappa shape index (κ1) is 17.9. The van der Waals surface area contributed by atoms with Gasteiger partial charge >= 0.3 is 0 Å². The Morgan fingerprint density at radius 3 is 2.52 bits per heavy atom. The second kappa shape index (κ2) is 7.25. The molecule has 0 amide bonds. The smallest absolute Gasteiger partial charge is 0.130 e. The molecular weight excluding hydrogens is 404 g/mol. The molecule has 27 heavy (non-hydrogen) atoms. The van der Waals surface area contributed by atoms with Crippen molar-refractivity contribution < 1.29 is 9.84 Å². The van der Waals surface area contributed by atoms with Crippen LogP contribution in [-0.4, -0.2) is 22.9 Å². The molecule has 4 nitrogen and oxygen atoms in total. The van der Waals surface area contributed by atoms with Gasteiger partial charge in [-0.1, -0.05) is 40.2 Å². The Morgan fingerprint density at radius 2 is 1.74 bits per heavy atom. The molecule has 0 spiro atoms. The summed E-state index contributed by atoms with van der Waals surface area (Å²) in [6.07, 6.45) is -0.945.